The maximum Gasteiger partial charge on any atom is 0.119 e. The Morgan fingerprint density at radius 1 is 1.09 bits per heavy atom. The number of hydrogen-bond donors (Lipinski definition) is 1. The summed E-state index contributed by atoms with van der Waals surface area (Å²) in [6.07, 6.45) is 12.5. The molecule has 0 heterocycles. The zero-order chi connectivity index (χ0) is 15.3. The van der Waals surface area contributed by atoms with Crippen LogP contribution in [0.3, 0.4) is 0 Å². The molecule has 1 aromatic rings. The summed E-state index contributed by atoms with van der Waals surface area (Å²) in [4.78, 5) is 0. The summed E-state index contributed by atoms with van der Waals surface area (Å²) in [5, 5.41) is 9.89. The summed E-state index contributed by atoms with van der Waals surface area (Å²) in [7, 11) is 0. The highest BCUT2D eigenvalue weighted by Gasteiger charge is 2.03. The van der Waals surface area contributed by atoms with Crippen LogP contribution in [0.25, 0.3) is 0 Å². The van der Waals surface area contributed by atoms with Crippen molar-refractivity contribution >= 4 is 11.8 Å². The van der Waals surface area contributed by atoms with Crippen LogP contribution in [0.1, 0.15) is 70.4 Å². The Hall–Kier alpha value is -0.890. The predicted molar refractivity (Wildman–Crippen MR) is 103 cm³/mol. The van der Waals surface area contributed by atoms with E-state index >= 15 is 0 Å². The number of phenols is 1. The van der Waals surface area contributed by atoms with Gasteiger partial charge in [0, 0.05) is 17.1 Å². The second-order valence-electron chi connectivity index (χ2n) is 5.64. The largest absolute Gasteiger partial charge is 0.508 e. The first-order valence-corrected chi connectivity index (χ1v) is 9.42. The summed E-state index contributed by atoms with van der Waals surface area (Å²) < 4.78 is 0. The number of aromatic hydroxyl groups is 1. The van der Waals surface area contributed by atoms with E-state index in [1.165, 1.54) is 50.5 Å². The SMILES string of the molecule is C.C=CCSCc1cc(CCCCCCCCC)ccc1O. The van der Waals surface area contributed by atoms with E-state index in [1.807, 2.05) is 12.1 Å². The molecule has 126 valence electrons. The van der Waals surface area contributed by atoms with Crippen molar-refractivity contribution in [3.8, 4) is 5.75 Å². The van der Waals surface area contributed by atoms with Gasteiger partial charge in [0.05, 0.1) is 0 Å². The van der Waals surface area contributed by atoms with Crippen molar-refractivity contribution in [2.45, 2.75) is 71.5 Å². The molecule has 0 aliphatic rings. The third kappa shape index (κ3) is 9.19. The minimum absolute atomic E-state index is 0. The van der Waals surface area contributed by atoms with Gasteiger partial charge < -0.3 is 5.11 Å². The van der Waals surface area contributed by atoms with Gasteiger partial charge in [-0.05, 0) is 24.5 Å². The Morgan fingerprint density at radius 2 is 1.77 bits per heavy atom. The first-order valence-electron chi connectivity index (χ1n) is 8.27. The molecule has 0 spiro atoms. The molecule has 0 aliphatic heterocycles. The van der Waals surface area contributed by atoms with E-state index in [9.17, 15) is 5.11 Å². The number of hydrogen-bond acceptors (Lipinski definition) is 2. The van der Waals surface area contributed by atoms with E-state index in [2.05, 4.69) is 25.6 Å². The number of benzene rings is 1. The highest BCUT2D eigenvalue weighted by molar-refractivity contribution is 7.98. The van der Waals surface area contributed by atoms with Gasteiger partial charge in [-0.2, -0.15) is 11.8 Å². The van der Waals surface area contributed by atoms with Crippen molar-refractivity contribution in [2.24, 2.45) is 0 Å². The molecular weight excluding hydrogens is 288 g/mol. The fourth-order valence-electron chi connectivity index (χ4n) is 2.45. The summed E-state index contributed by atoms with van der Waals surface area (Å²) in [5.74, 6) is 2.22. The summed E-state index contributed by atoms with van der Waals surface area (Å²) >= 11 is 1.79. The maximum atomic E-state index is 9.89. The molecule has 1 aromatic carbocycles. The summed E-state index contributed by atoms with van der Waals surface area (Å²) in [6, 6.07) is 6.08. The predicted octanol–water partition coefficient (Wildman–Crippen LogP) is 6.74. The average molecular weight is 323 g/mol. The molecule has 1 N–H and O–H groups in total. The summed E-state index contributed by atoms with van der Waals surface area (Å²) in [6.45, 7) is 5.98. The van der Waals surface area contributed by atoms with Crippen molar-refractivity contribution in [1.29, 1.82) is 0 Å². The van der Waals surface area contributed by atoms with Crippen LogP contribution in [0.2, 0.25) is 0 Å². The first kappa shape index (κ1) is 21.1. The first-order chi connectivity index (χ1) is 10.3. The van der Waals surface area contributed by atoms with E-state index in [4.69, 9.17) is 0 Å². The molecular formula is C20H34OS. The van der Waals surface area contributed by atoms with Gasteiger partial charge in [-0.15, -0.1) is 6.58 Å². The number of aryl methyl sites for hydroxylation is 1. The Balaban J connectivity index is 0.00000441. The zero-order valence-corrected chi connectivity index (χ0v) is 14.3. The van der Waals surface area contributed by atoms with E-state index in [0.29, 0.717) is 5.75 Å². The Kier molecular flexibility index (Phi) is 13.2. The van der Waals surface area contributed by atoms with Crippen LogP contribution in [0.5, 0.6) is 5.75 Å². The van der Waals surface area contributed by atoms with E-state index in [0.717, 1.165) is 23.5 Å². The highest BCUT2D eigenvalue weighted by atomic mass is 32.2. The topological polar surface area (TPSA) is 20.2 Å². The standard InChI is InChI=1S/C19H30OS.CH4/c1-3-5-6-7-8-9-10-11-17-12-13-19(20)18(15-17)16-21-14-4-2;/h4,12-13,15,20H,2-3,5-11,14,16H2,1H3;1H4. The second-order valence-corrected chi connectivity index (χ2v) is 6.67. The maximum absolute atomic E-state index is 9.89. The van der Waals surface area contributed by atoms with Gasteiger partial charge in [-0.1, -0.05) is 71.1 Å². The number of unbranched alkanes of at least 4 members (excludes halogenated alkanes) is 6. The van der Waals surface area contributed by atoms with Crippen LogP contribution < -0.4 is 0 Å². The Morgan fingerprint density at radius 3 is 2.45 bits per heavy atom. The van der Waals surface area contributed by atoms with Crippen molar-refractivity contribution in [3.63, 3.8) is 0 Å². The lowest BCUT2D eigenvalue weighted by Gasteiger charge is -2.07. The van der Waals surface area contributed by atoms with Gasteiger partial charge in [-0.25, -0.2) is 0 Å². The molecule has 0 saturated heterocycles. The molecule has 0 amide bonds. The molecule has 1 nitrogen and oxygen atoms in total. The molecule has 22 heavy (non-hydrogen) atoms. The molecule has 0 aliphatic carbocycles. The molecule has 0 fully saturated rings. The molecule has 0 unspecified atom stereocenters. The Labute approximate surface area is 142 Å². The molecule has 0 atom stereocenters. The summed E-state index contributed by atoms with van der Waals surface area (Å²) in [5.41, 5.74) is 2.41. The van der Waals surface area contributed by atoms with Gasteiger partial charge in [0.1, 0.15) is 5.75 Å². The fraction of sp³-hybridized carbons (Fsp3) is 0.600. The number of rotatable bonds is 12. The zero-order valence-electron chi connectivity index (χ0n) is 13.4. The lowest BCUT2D eigenvalue weighted by atomic mass is 10.0. The number of thioether (sulfide) groups is 1. The van der Waals surface area contributed by atoms with Crippen LogP contribution in [0.4, 0.5) is 0 Å². The minimum atomic E-state index is 0. The molecule has 0 aromatic heterocycles. The van der Waals surface area contributed by atoms with Crippen LogP contribution >= 0.6 is 11.8 Å². The van der Waals surface area contributed by atoms with Crippen LogP contribution in [-0.2, 0) is 12.2 Å². The molecule has 1 rings (SSSR count). The minimum Gasteiger partial charge on any atom is -0.508 e. The Bertz CT molecular complexity index is 401. The van der Waals surface area contributed by atoms with Gasteiger partial charge in [0.2, 0.25) is 0 Å². The van der Waals surface area contributed by atoms with Crippen molar-refractivity contribution in [2.75, 3.05) is 5.75 Å². The number of phenolic OH excluding ortho intramolecular Hbond substituents is 1. The third-order valence-corrected chi connectivity index (χ3v) is 4.69. The second kappa shape index (κ2) is 13.8. The fourth-order valence-corrected chi connectivity index (χ4v) is 3.18. The van der Waals surface area contributed by atoms with E-state index in [1.54, 1.807) is 11.8 Å². The monoisotopic (exact) mass is 322 g/mol. The van der Waals surface area contributed by atoms with E-state index in [-0.39, 0.29) is 7.43 Å². The van der Waals surface area contributed by atoms with Crippen molar-refractivity contribution in [3.05, 3.63) is 42.0 Å². The molecule has 0 radical (unpaired) electrons. The van der Waals surface area contributed by atoms with Crippen molar-refractivity contribution < 1.29 is 5.11 Å². The van der Waals surface area contributed by atoms with Gasteiger partial charge in [0.15, 0.2) is 0 Å². The smallest absolute Gasteiger partial charge is 0.119 e. The van der Waals surface area contributed by atoms with Gasteiger partial charge >= 0.3 is 0 Å². The molecule has 2 heteroatoms. The van der Waals surface area contributed by atoms with Crippen LogP contribution in [0, 0.1) is 0 Å². The van der Waals surface area contributed by atoms with Crippen LogP contribution in [-0.4, -0.2) is 10.9 Å². The molecule has 0 saturated carbocycles. The third-order valence-electron chi connectivity index (χ3n) is 3.71. The quantitative estimate of drug-likeness (QED) is 0.339. The van der Waals surface area contributed by atoms with Crippen molar-refractivity contribution in [1.82, 2.24) is 0 Å². The van der Waals surface area contributed by atoms with Crippen LogP contribution in [0.15, 0.2) is 30.9 Å². The normalized spacial score (nSPS) is 10.2. The molecule has 0 bridgehead atoms. The lowest BCUT2D eigenvalue weighted by molar-refractivity contribution is 0.470. The van der Waals surface area contributed by atoms with Gasteiger partial charge in [0.25, 0.3) is 0 Å². The lowest BCUT2D eigenvalue weighted by Crippen LogP contribution is -1.90. The van der Waals surface area contributed by atoms with Gasteiger partial charge in [-0.3, -0.25) is 0 Å². The average Bonchev–Trinajstić information content (AvgIpc) is 2.49. The highest BCUT2D eigenvalue weighted by Crippen LogP contribution is 2.24. The van der Waals surface area contributed by atoms with E-state index < -0.39 is 0 Å².